The van der Waals surface area contributed by atoms with Gasteiger partial charge >= 0.3 is 0 Å². The van der Waals surface area contributed by atoms with E-state index in [1.54, 1.807) is 30.3 Å². The Morgan fingerprint density at radius 2 is 1.39 bits per heavy atom. The van der Waals surface area contributed by atoms with E-state index in [2.05, 4.69) is 45.0 Å². The molecule has 0 aromatic heterocycles. The molecule has 36 heavy (non-hydrogen) atoms. The quantitative estimate of drug-likeness (QED) is 0.411. The minimum absolute atomic E-state index is 0.0921. The van der Waals surface area contributed by atoms with Gasteiger partial charge in [-0.15, -0.1) is 0 Å². The Bertz CT molecular complexity index is 1260. The summed E-state index contributed by atoms with van der Waals surface area (Å²) in [6.45, 7) is 6.96. The SMILES string of the molecule is CC(C)(C)[Si](OCC1CCC(=O)N1/C=C\S(=O)(=O)c1ccccc1)(c1ccccc1)c1ccccc1. The van der Waals surface area contributed by atoms with Crippen LogP contribution < -0.4 is 10.4 Å². The molecule has 3 aromatic carbocycles. The number of sulfone groups is 1. The molecule has 4 rings (SSSR count). The first kappa shape index (κ1) is 26.1. The molecular formula is C29H33NO4SSi. The highest BCUT2D eigenvalue weighted by Crippen LogP contribution is 2.37. The van der Waals surface area contributed by atoms with Crippen molar-refractivity contribution in [2.24, 2.45) is 0 Å². The van der Waals surface area contributed by atoms with Crippen molar-refractivity contribution in [3.8, 4) is 0 Å². The molecule has 0 aliphatic carbocycles. The summed E-state index contributed by atoms with van der Waals surface area (Å²) in [5.74, 6) is -0.0921. The third-order valence-electron chi connectivity index (χ3n) is 6.75. The second kappa shape index (κ2) is 10.5. The number of rotatable bonds is 8. The number of hydrogen-bond donors (Lipinski definition) is 0. The van der Waals surface area contributed by atoms with Gasteiger partial charge in [0.2, 0.25) is 15.7 Å². The van der Waals surface area contributed by atoms with Crippen LogP contribution in [0.25, 0.3) is 0 Å². The van der Waals surface area contributed by atoms with E-state index in [-0.39, 0.29) is 21.9 Å². The minimum atomic E-state index is -3.65. The maximum Gasteiger partial charge on any atom is 0.261 e. The number of benzene rings is 3. The van der Waals surface area contributed by atoms with Gasteiger partial charge in [-0.25, -0.2) is 8.42 Å². The summed E-state index contributed by atoms with van der Waals surface area (Å²) in [6, 6.07) is 28.7. The van der Waals surface area contributed by atoms with E-state index >= 15 is 0 Å². The van der Waals surface area contributed by atoms with Gasteiger partial charge in [-0.05, 0) is 34.0 Å². The van der Waals surface area contributed by atoms with Crippen molar-refractivity contribution >= 4 is 34.4 Å². The lowest BCUT2D eigenvalue weighted by Gasteiger charge is -2.43. The summed E-state index contributed by atoms with van der Waals surface area (Å²) in [5.41, 5.74) is 0. The summed E-state index contributed by atoms with van der Waals surface area (Å²) >= 11 is 0. The van der Waals surface area contributed by atoms with Gasteiger partial charge in [0.25, 0.3) is 8.32 Å². The molecule has 1 unspecified atom stereocenters. The topological polar surface area (TPSA) is 63.7 Å². The predicted octanol–water partition coefficient (Wildman–Crippen LogP) is 4.50. The van der Waals surface area contributed by atoms with Crippen molar-refractivity contribution in [1.29, 1.82) is 0 Å². The van der Waals surface area contributed by atoms with Crippen LogP contribution in [0, 0.1) is 0 Å². The number of likely N-dealkylation sites (tertiary alicyclic amines) is 1. The number of nitrogens with zero attached hydrogens (tertiary/aromatic N) is 1. The van der Waals surface area contributed by atoms with E-state index in [0.29, 0.717) is 19.4 Å². The number of carbonyl (C=O) groups excluding carboxylic acids is 1. The monoisotopic (exact) mass is 519 g/mol. The van der Waals surface area contributed by atoms with Crippen LogP contribution in [0.1, 0.15) is 33.6 Å². The third kappa shape index (κ3) is 5.23. The average Bonchev–Trinajstić information content (AvgIpc) is 3.23. The van der Waals surface area contributed by atoms with Gasteiger partial charge in [0.05, 0.1) is 23.0 Å². The first-order valence-corrected chi connectivity index (χ1v) is 15.7. The lowest BCUT2D eigenvalue weighted by atomic mass is 10.2. The second-order valence-corrected chi connectivity index (χ2v) is 16.3. The first-order valence-electron chi connectivity index (χ1n) is 12.2. The Labute approximate surface area is 215 Å². The molecule has 1 aliphatic heterocycles. The van der Waals surface area contributed by atoms with Crippen LogP contribution in [0.2, 0.25) is 5.04 Å². The van der Waals surface area contributed by atoms with Crippen LogP contribution in [0.3, 0.4) is 0 Å². The molecule has 0 saturated carbocycles. The zero-order valence-electron chi connectivity index (χ0n) is 21.0. The molecule has 0 radical (unpaired) electrons. The molecule has 1 saturated heterocycles. The van der Waals surface area contributed by atoms with Crippen LogP contribution in [0.5, 0.6) is 0 Å². The summed E-state index contributed by atoms with van der Waals surface area (Å²) in [6.07, 6.45) is 2.40. The van der Waals surface area contributed by atoms with E-state index in [1.807, 2.05) is 36.4 Å². The molecule has 7 heteroatoms. The third-order valence-corrected chi connectivity index (χ3v) is 13.2. The van der Waals surface area contributed by atoms with E-state index < -0.39 is 18.2 Å². The standard InChI is InChI=1S/C29H33NO4SSi/c1-29(2,3)36(26-15-9-5-10-16-26,27-17-11-6-12-18-27)34-23-24-19-20-28(31)30(24)21-22-35(32,33)25-13-7-4-8-14-25/h4-18,21-22,24H,19-20,23H2,1-3H3/b22-21-. The summed E-state index contributed by atoms with van der Waals surface area (Å²) in [7, 11) is -6.41. The number of carbonyl (C=O) groups is 1. The molecule has 1 atom stereocenters. The van der Waals surface area contributed by atoms with Crippen molar-refractivity contribution in [3.63, 3.8) is 0 Å². The molecular weight excluding hydrogens is 486 g/mol. The van der Waals surface area contributed by atoms with Gasteiger partial charge in [0.1, 0.15) is 0 Å². The molecule has 1 heterocycles. The zero-order chi connectivity index (χ0) is 25.8. The van der Waals surface area contributed by atoms with Crippen molar-refractivity contribution in [2.75, 3.05) is 6.61 Å². The molecule has 0 spiro atoms. The Morgan fingerprint density at radius 3 is 1.89 bits per heavy atom. The van der Waals surface area contributed by atoms with E-state index in [9.17, 15) is 13.2 Å². The van der Waals surface area contributed by atoms with Crippen molar-refractivity contribution < 1.29 is 17.6 Å². The molecule has 3 aromatic rings. The molecule has 1 aliphatic rings. The Balaban J connectivity index is 1.65. The summed E-state index contributed by atoms with van der Waals surface area (Å²) < 4.78 is 32.6. The van der Waals surface area contributed by atoms with Crippen LogP contribution in [0.15, 0.2) is 107 Å². The van der Waals surface area contributed by atoms with Crippen molar-refractivity contribution in [2.45, 2.75) is 49.6 Å². The Hall–Kier alpha value is -3.00. The highest BCUT2D eigenvalue weighted by Gasteiger charge is 2.50. The highest BCUT2D eigenvalue weighted by molar-refractivity contribution is 7.94. The van der Waals surface area contributed by atoms with Crippen LogP contribution in [0.4, 0.5) is 0 Å². The summed E-state index contributed by atoms with van der Waals surface area (Å²) in [4.78, 5) is 14.5. The van der Waals surface area contributed by atoms with E-state index in [1.165, 1.54) is 21.5 Å². The van der Waals surface area contributed by atoms with E-state index in [4.69, 9.17) is 4.43 Å². The van der Waals surface area contributed by atoms with Crippen LogP contribution >= 0.6 is 0 Å². The van der Waals surface area contributed by atoms with Gasteiger partial charge in [-0.2, -0.15) is 0 Å². The fourth-order valence-corrected chi connectivity index (χ4v) is 10.5. The summed E-state index contributed by atoms with van der Waals surface area (Å²) in [5, 5.41) is 3.28. The van der Waals surface area contributed by atoms with Crippen LogP contribution in [-0.2, 0) is 19.1 Å². The van der Waals surface area contributed by atoms with Crippen LogP contribution in [-0.4, -0.2) is 40.2 Å². The van der Waals surface area contributed by atoms with Gasteiger partial charge in [-0.1, -0.05) is 99.6 Å². The molecule has 1 amide bonds. The molecule has 0 bridgehead atoms. The van der Waals surface area contributed by atoms with Gasteiger partial charge in [-0.3, -0.25) is 4.79 Å². The maximum atomic E-state index is 12.8. The second-order valence-electron chi connectivity index (χ2n) is 10.1. The predicted molar refractivity (Wildman–Crippen MR) is 146 cm³/mol. The molecule has 1 fully saturated rings. The van der Waals surface area contributed by atoms with Crippen molar-refractivity contribution in [1.82, 2.24) is 4.90 Å². The molecule has 0 N–H and O–H groups in total. The van der Waals surface area contributed by atoms with Crippen molar-refractivity contribution in [3.05, 3.63) is 103 Å². The van der Waals surface area contributed by atoms with E-state index in [0.717, 1.165) is 5.41 Å². The van der Waals surface area contributed by atoms with Gasteiger partial charge < -0.3 is 9.33 Å². The fraction of sp³-hybridized carbons (Fsp3) is 0.276. The maximum absolute atomic E-state index is 12.8. The smallest absolute Gasteiger partial charge is 0.261 e. The zero-order valence-corrected chi connectivity index (χ0v) is 22.8. The normalized spacial score (nSPS) is 17.1. The van der Waals surface area contributed by atoms with Gasteiger partial charge in [0, 0.05) is 12.6 Å². The number of amides is 1. The first-order chi connectivity index (χ1) is 17.1. The minimum Gasteiger partial charge on any atom is -0.405 e. The highest BCUT2D eigenvalue weighted by atomic mass is 32.2. The Morgan fingerprint density at radius 1 is 0.889 bits per heavy atom. The number of hydrogen-bond acceptors (Lipinski definition) is 4. The fourth-order valence-electron chi connectivity index (χ4n) is 4.95. The average molecular weight is 520 g/mol. The molecule has 5 nitrogen and oxygen atoms in total. The molecule has 188 valence electrons. The largest absolute Gasteiger partial charge is 0.405 e. The lowest BCUT2D eigenvalue weighted by Crippen LogP contribution is -2.67. The van der Waals surface area contributed by atoms with Gasteiger partial charge in [0.15, 0.2) is 0 Å². The lowest BCUT2D eigenvalue weighted by molar-refractivity contribution is -0.126. The Kier molecular flexibility index (Phi) is 7.64.